The Bertz CT molecular complexity index is 614. The zero-order chi connectivity index (χ0) is 21.0. The van der Waals surface area contributed by atoms with Crippen LogP contribution in [0.3, 0.4) is 0 Å². The third-order valence-corrected chi connectivity index (χ3v) is 11.0. The summed E-state index contributed by atoms with van der Waals surface area (Å²) in [4.78, 5) is 13.5. The standard InChI is InChI=1S/C27H45ClO/c1-17(2)7-6-8-18(3)21-9-10-22-25-23(12-14-27(21,22)5)26(4)13-11-20(28)15-19(26)16-24(25)29/h17-23,25H,6-16H2,1-5H3/t18-,19-,20-,21-,22+,23+,25+,26+,27-/m1/s1. The van der Waals surface area contributed by atoms with E-state index in [2.05, 4.69) is 34.6 Å². The average molecular weight is 421 g/mol. The SMILES string of the molecule is CC(C)CCC[C@@H](C)[C@H]1CC[C@H]2[C@@H]3C(=O)C[C@H]4C[C@H](Cl)CC[C@]4(C)[C@H]3CC[C@]12C. The van der Waals surface area contributed by atoms with Gasteiger partial charge in [0.05, 0.1) is 0 Å². The van der Waals surface area contributed by atoms with E-state index in [0.29, 0.717) is 45.7 Å². The second-order valence-corrected chi connectivity index (χ2v) is 13.1. The number of carbonyl (C=O) groups excluding carboxylic acids is 1. The fourth-order valence-corrected chi connectivity index (χ4v) is 9.23. The fourth-order valence-electron chi connectivity index (χ4n) is 8.90. The molecule has 29 heavy (non-hydrogen) atoms. The summed E-state index contributed by atoms with van der Waals surface area (Å²) in [7, 11) is 0. The molecule has 4 aliphatic rings. The molecular weight excluding hydrogens is 376 g/mol. The van der Waals surface area contributed by atoms with E-state index in [-0.39, 0.29) is 0 Å². The van der Waals surface area contributed by atoms with E-state index >= 15 is 0 Å². The van der Waals surface area contributed by atoms with Crippen molar-refractivity contribution in [3.05, 3.63) is 0 Å². The molecule has 0 spiro atoms. The highest BCUT2D eigenvalue weighted by atomic mass is 35.5. The van der Waals surface area contributed by atoms with Crippen molar-refractivity contribution in [2.75, 3.05) is 0 Å². The normalized spacial score (nSPS) is 48.2. The van der Waals surface area contributed by atoms with Gasteiger partial charge in [0.2, 0.25) is 0 Å². The lowest BCUT2D eigenvalue weighted by Gasteiger charge is -2.60. The van der Waals surface area contributed by atoms with Gasteiger partial charge in [-0.1, -0.05) is 53.9 Å². The summed E-state index contributed by atoms with van der Waals surface area (Å²) in [6.45, 7) is 12.3. The second kappa shape index (κ2) is 8.14. The van der Waals surface area contributed by atoms with E-state index in [1.54, 1.807) is 0 Å². The van der Waals surface area contributed by atoms with Gasteiger partial charge in [-0.05, 0) is 91.3 Å². The Morgan fingerprint density at radius 2 is 1.66 bits per heavy atom. The summed E-state index contributed by atoms with van der Waals surface area (Å²) in [5.74, 6) is 5.27. The van der Waals surface area contributed by atoms with Crippen LogP contribution in [0.1, 0.15) is 105 Å². The highest BCUT2D eigenvalue weighted by Crippen LogP contribution is 2.67. The average Bonchev–Trinajstić information content (AvgIpc) is 3.00. The van der Waals surface area contributed by atoms with Crippen LogP contribution in [-0.4, -0.2) is 11.2 Å². The maximum Gasteiger partial charge on any atom is 0.136 e. The van der Waals surface area contributed by atoms with Crippen molar-refractivity contribution >= 4 is 17.4 Å². The van der Waals surface area contributed by atoms with Gasteiger partial charge in [-0.25, -0.2) is 0 Å². The molecule has 4 saturated carbocycles. The van der Waals surface area contributed by atoms with Crippen molar-refractivity contribution in [1.29, 1.82) is 0 Å². The van der Waals surface area contributed by atoms with Gasteiger partial charge in [0.25, 0.3) is 0 Å². The summed E-state index contributed by atoms with van der Waals surface area (Å²) in [6, 6.07) is 0. The summed E-state index contributed by atoms with van der Waals surface area (Å²) in [5, 5.41) is 0.300. The topological polar surface area (TPSA) is 17.1 Å². The van der Waals surface area contributed by atoms with Gasteiger partial charge < -0.3 is 0 Å². The van der Waals surface area contributed by atoms with Crippen LogP contribution in [0.25, 0.3) is 0 Å². The van der Waals surface area contributed by atoms with Crippen molar-refractivity contribution in [1.82, 2.24) is 0 Å². The highest BCUT2D eigenvalue weighted by Gasteiger charge is 2.62. The van der Waals surface area contributed by atoms with E-state index in [1.165, 1.54) is 51.4 Å². The Labute approximate surface area is 185 Å². The molecule has 1 nitrogen and oxygen atoms in total. The lowest BCUT2D eigenvalue weighted by molar-refractivity contribution is -0.156. The third kappa shape index (κ3) is 3.74. The Morgan fingerprint density at radius 1 is 0.966 bits per heavy atom. The number of Topliss-reactive ketones (excluding diaryl/α,β-unsaturated/α-hetero) is 1. The molecule has 4 rings (SSSR count). The number of fused-ring (bicyclic) bond motifs is 5. The molecule has 166 valence electrons. The molecule has 4 fully saturated rings. The van der Waals surface area contributed by atoms with Gasteiger partial charge in [-0.15, -0.1) is 11.6 Å². The first kappa shape index (κ1) is 22.2. The minimum Gasteiger partial charge on any atom is -0.299 e. The molecule has 0 amide bonds. The van der Waals surface area contributed by atoms with Gasteiger partial charge in [0, 0.05) is 17.7 Å². The van der Waals surface area contributed by atoms with Crippen LogP contribution >= 0.6 is 11.6 Å². The molecule has 0 unspecified atom stereocenters. The predicted octanol–water partition coefficient (Wildman–Crippen LogP) is 7.89. The van der Waals surface area contributed by atoms with Crippen molar-refractivity contribution < 1.29 is 4.79 Å². The Kier molecular flexibility index (Phi) is 6.22. The number of carbonyl (C=O) groups is 1. The number of alkyl halides is 1. The number of ketones is 1. The Hall–Kier alpha value is -0.0400. The molecule has 4 aliphatic carbocycles. The van der Waals surface area contributed by atoms with Crippen molar-refractivity contribution in [3.8, 4) is 0 Å². The summed E-state index contributed by atoms with van der Waals surface area (Å²) in [6.07, 6.45) is 13.7. The van der Waals surface area contributed by atoms with Gasteiger partial charge in [0.15, 0.2) is 0 Å². The molecule has 0 heterocycles. The van der Waals surface area contributed by atoms with Crippen LogP contribution in [0.15, 0.2) is 0 Å². The molecule has 9 atom stereocenters. The molecule has 0 aromatic rings. The van der Waals surface area contributed by atoms with E-state index in [1.807, 2.05) is 0 Å². The quantitative estimate of drug-likeness (QED) is 0.413. The molecule has 0 bridgehead atoms. The minimum atomic E-state index is 0.300. The zero-order valence-corrected chi connectivity index (χ0v) is 20.4. The van der Waals surface area contributed by atoms with E-state index in [4.69, 9.17) is 11.6 Å². The molecule has 0 aromatic heterocycles. The number of rotatable bonds is 5. The van der Waals surface area contributed by atoms with Crippen LogP contribution in [0.5, 0.6) is 0 Å². The van der Waals surface area contributed by atoms with Gasteiger partial charge in [0.1, 0.15) is 5.78 Å². The van der Waals surface area contributed by atoms with Crippen molar-refractivity contribution in [2.24, 2.45) is 52.3 Å². The molecule has 0 saturated heterocycles. The van der Waals surface area contributed by atoms with E-state index in [9.17, 15) is 4.79 Å². The fraction of sp³-hybridized carbons (Fsp3) is 0.963. The lowest BCUT2D eigenvalue weighted by Crippen LogP contribution is -2.57. The van der Waals surface area contributed by atoms with Crippen molar-refractivity contribution in [2.45, 2.75) is 111 Å². The van der Waals surface area contributed by atoms with E-state index in [0.717, 1.165) is 37.0 Å². The molecule has 0 radical (unpaired) electrons. The first-order chi connectivity index (χ1) is 13.7. The van der Waals surface area contributed by atoms with Crippen molar-refractivity contribution in [3.63, 3.8) is 0 Å². The third-order valence-electron chi connectivity index (χ3n) is 10.6. The zero-order valence-electron chi connectivity index (χ0n) is 19.7. The Balaban J connectivity index is 1.51. The van der Waals surface area contributed by atoms with Gasteiger partial charge in [-0.3, -0.25) is 4.79 Å². The smallest absolute Gasteiger partial charge is 0.136 e. The van der Waals surface area contributed by atoms with Crippen LogP contribution in [0.2, 0.25) is 0 Å². The molecule has 2 heteroatoms. The number of halogens is 1. The first-order valence-corrected chi connectivity index (χ1v) is 13.3. The van der Waals surface area contributed by atoms with E-state index < -0.39 is 0 Å². The lowest BCUT2D eigenvalue weighted by atomic mass is 9.44. The first-order valence-electron chi connectivity index (χ1n) is 12.8. The molecule has 0 N–H and O–H groups in total. The van der Waals surface area contributed by atoms with Crippen LogP contribution in [-0.2, 0) is 4.79 Å². The predicted molar refractivity (Wildman–Crippen MR) is 123 cm³/mol. The van der Waals surface area contributed by atoms with Crippen LogP contribution < -0.4 is 0 Å². The monoisotopic (exact) mass is 420 g/mol. The number of hydrogen-bond donors (Lipinski definition) is 0. The maximum absolute atomic E-state index is 13.5. The minimum absolute atomic E-state index is 0.300. The van der Waals surface area contributed by atoms with Crippen LogP contribution in [0.4, 0.5) is 0 Å². The van der Waals surface area contributed by atoms with Gasteiger partial charge >= 0.3 is 0 Å². The number of hydrogen-bond acceptors (Lipinski definition) is 1. The largest absolute Gasteiger partial charge is 0.299 e. The molecule has 0 aliphatic heterocycles. The Morgan fingerprint density at radius 3 is 2.38 bits per heavy atom. The second-order valence-electron chi connectivity index (χ2n) is 12.5. The highest BCUT2D eigenvalue weighted by molar-refractivity contribution is 6.20. The summed E-state index contributed by atoms with van der Waals surface area (Å²) >= 11 is 6.54. The van der Waals surface area contributed by atoms with Crippen LogP contribution in [0, 0.1) is 52.3 Å². The van der Waals surface area contributed by atoms with Gasteiger partial charge in [-0.2, -0.15) is 0 Å². The summed E-state index contributed by atoms with van der Waals surface area (Å²) < 4.78 is 0. The molecular formula is C27H45ClO. The maximum atomic E-state index is 13.5. The molecule has 0 aromatic carbocycles. The summed E-state index contributed by atoms with van der Waals surface area (Å²) in [5.41, 5.74) is 0.771.